The number of aromatic nitrogens is 2. The van der Waals surface area contributed by atoms with Gasteiger partial charge < -0.3 is 14.9 Å². The van der Waals surface area contributed by atoms with Crippen LogP contribution in [-0.4, -0.2) is 32.4 Å². The molecule has 0 radical (unpaired) electrons. The molecule has 0 spiro atoms. The van der Waals surface area contributed by atoms with Crippen LogP contribution in [0.5, 0.6) is 0 Å². The van der Waals surface area contributed by atoms with Crippen LogP contribution >= 0.6 is 0 Å². The number of hydrogen-bond acceptors (Lipinski definition) is 9. The van der Waals surface area contributed by atoms with Gasteiger partial charge in [0.25, 0.3) is 11.2 Å². The largest absolute Gasteiger partial charge is 0.451 e. The Labute approximate surface area is 208 Å². The minimum atomic E-state index is -0.977. The normalized spacial score (nSPS) is 10.7. The summed E-state index contributed by atoms with van der Waals surface area (Å²) in [5, 5.41) is 10.8. The van der Waals surface area contributed by atoms with Crippen molar-refractivity contribution in [2.24, 2.45) is 7.05 Å². The maximum Gasteiger partial charge on any atom is 0.374 e. The van der Waals surface area contributed by atoms with Crippen LogP contribution < -0.4 is 17.0 Å². The lowest BCUT2D eigenvalue weighted by atomic mass is 10.1. The van der Waals surface area contributed by atoms with E-state index in [1.165, 1.54) is 43.4 Å². The van der Waals surface area contributed by atoms with Crippen LogP contribution in [0.3, 0.4) is 0 Å². The molecule has 0 aliphatic rings. The number of carbonyl (C=O) groups excluding carboxylic acids is 2. The number of nitrogens with two attached hydrogens (primary N) is 1. The second-order valence-electron chi connectivity index (χ2n) is 7.95. The number of Topliss-reactive ketones (excluding diaryl/α,β-unsaturated/α-hetero) is 1. The summed E-state index contributed by atoms with van der Waals surface area (Å²) in [5.41, 5.74) is 5.06. The van der Waals surface area contributed by atoms with Gasteiger partial charge in [0.15, 0.2) is 6.61 Å². The predicted molar refractivity (Wildman–Crippen MR) is 131 cm³/mol. The van der Waals surface area contributed by atoms with E-state index in [1.807, 2.05) is 0 Å². The molecule has 0 saturated heterocycles. The van der Waals surface area contributed by atoms with Crippen molar-refractivity contribution in [2.45, 2.75) is 6.54 Å². The van der Waals surface area contributed by atoms with E-state index in [4.69, 9.17) is 14.9 Å². The van der Waals surface area contributed by atoms with Crippen molar-refractivity contribution in [3.63, 3.8) is 0 Å². The Morgan fingerprint density at radius 2 is 1.70 bits per heavy atom. The van der Waals surface area contributed by atoms with Crippen molar-refractivity contribution in [1.29, 1.82) is 0 Å². The first kappa shape index (κ1) is 24.9. The summed E-state index contributed by atoms with van der Waals surface area (Å²) in [7, 11) is 1.22. The van der Waals surface area contributed by atoms with Crippen LogP contribution in [0.15, 0.2) is 80.7 Å². The summed E-state index contributed by atoms with van der Waals surface area (Å²) in [6.07, 6.45) is 0. The van der Waals surface area contributed by atoms with E-state index in [2.05, 4.69) is 0 Å². The lowest BCUT2D eigenvalue weighted by Gasteiger charge is -2.14. The zero-order chi connectivity index (χ0) is 26.7. The number of ketones is 1. The fraction of sp³-hybridized carbons (Fsp3) is 0.120. The lowest BCUT2D eigenvalue weighted by molar-refractivity contribution is -0.384. The van der Waals surface area contributed by atoms with Crippen molar-refractivity contribution in [3.8, 4) is 11.3 Å². The molecule has 0 amide bonds. The topological polar surface area (TPSA) is 170 Å². The molecule has 0 aliphatic heterocycles. The number of non-ortho nitro benzene ring substituents is 1. The highest BCUT2D eigenvalue weighted by atomic mass is 16.6. The molecular formula is C25H20N4O8. The highest BCUT2D eigenvalue weighted by molar-refractivity contribution is 6.02. The van der Waals surface area contributed by atoms with E-state index in [0.717, 1.165) is 14.7 Å². The van der Waals surface area contributed by atoms with E-state index in [0.29, 0.717) is 5.56 Å². The van der Waals surface area contributed by atoms with Crippen LogP contribution in [0.4, 0.5) is 11.5 Å². The van der Waals surface area contributed by atoms with E-state index in [-0.39, 0.29) is 29.6 Å². The van der Waals surface area contributed by atoms with Gasteiger partial charge in [0, 0.05) is 24.7 Å². The maximum absolute atomic E-state index is 12.8. The molecule has 12 heteroatoms. The smallest absolute Gasteiger partial charge is 0.374 e. The number of furan rings is 1. The Bertz CT molecular complexity index is 1620. The molecule has 0 aliphatic carbocycles. The Morgan fingerprint density at radius 3 is 2.35 bits per heavy atom. The number of ether oxygens (including phenoxy) is 1. The average molecular weight is 504 g/mol. The van der Waals surface area contributed by atoms with Crippen LogP contribution in [-0.2, 0) is 18.3 Å². The number of nitro benzene ring substituents is 1. The molecule has 2 heterocycles. The summed E-state index contributed by atoms with van der Waals surface area (Å²) in [6, 6.07) is 17.1. The number of esters is 1. The Balaban J connectivity index is 1.51. The molecule has 0 saturated carbocycles. The van der Waals surface area contributed by atoms with E-state index < -0.39 is 40.1 Å². The molecule has 4 rings (SSSR count). The zero-order valence-electron chi connectivity index (χ0n) is 19.5. The van der Waals surface area contributed by atoms with Crippen molar-refractivity contribution < 1.29 is 23.7 Å². The van der Waals surface area contributed by atoms with Gasteiger partial charge in [-0.25, -0.2) is 9.59 Å². The number of benzene rings is 2. The van der Waals surface area contributed by atoms with Crippen molar-refractivity contribution in [1.82, 2.24) is 9.13 Å². The third-order valence-corrected chi connectivity index (χ3v) is 5.55. The van der Waals surface area contributed by atoms with Gasteiger partial charge in [0.1, 0.15) is 17.1 Å². The third kappa shape index (κ3) is 5.07. The second kappa shape index (κ2) is 10.2. The molecular weight excluding hydrogens is 484 g/mol. The Kier molecular flexibility index (Phi) is 6.82. The standard InChI is InChI=1S/C25H20N4O8/c1-27-23(31)21(22(26)28(25(27)33)13-15-5-3-2-4-6-15)18(30)14-36-24(32)20-12-11-19(37-20)16-7-9-17(10-8-16)29(34)35/h2-12H,13-14,26H2,1H3. The van der Waals surface area contributed by atoms with E-state index >= 15 is 0 Å². The quantitative estimate of drug-likeness (QED) is 0.164. The van der Waals surface area contributed by atoms with Gasteiger partial charge in [0.2, 0.25) is 11.5 Å². The molecule has 188 valence electrons. The fourth-order valence-electron chi connectivity index (χ4n) is 3.59. The summed E-state index contributed by atoms with van der Waals surface area (Å²) in [5.74, 6) is -2.18. The fourth-order valence-corrected chi connectivity index (χ4v) is 3.59. The molecule has 0 fully saturated rings. The molecule has 4 aromatic rings. The lowest BCUT2D eigenvalue weighted by Crippen LogP contribution is -2.43. The molecule has 0 atom stereocenters. The van der Waals surface area contributed by atoms with E-state index in [1.54, 1.807) is 30.3 Å². The molecule has 37 heavy (non-hydrogen) atoms. The SMILES string of the molecule is Cn1c(=O)c(C(=O)COC(=O)c2ccc(-c3ccc([N+](=O)[O-])cc3)o2)c(N)n(Cc2ccccc2)c1=O. The van der Waals surface area contributed by atoms with Gasteiger partial charge in [-0.05, 0) is 29.8 Å². The van der Waals surface area contributed by atoms with Crippen molar-refractivity contribution in [2.75, 3.05) is 12.3 Å². The number of nitrogen functional groups attached to an aromatic ring is 1. The first-order valence-electron chi connectivity index (χ1n) is 10.9. The van der Waals surface area contributed by atoms with Gasteiger partial charge >= 0.3 is 11.7 Å². The Morgan fingerprint density at radius 1 is 1.03 bits per heavy atom. The number of nitrogens with zero attached hydrogens (tertiary/aromatic N) is 3. The zero-order valence-corrected chi connectivity index (χ0v) is 19.5. The van der Waals surface area contributed by atoms with Gasteiger partial charge in [-0.15, -0.1) is 0 Å². The predicted octanol–water partition coefficient (Wildman–Crippen LogP) is 2.39. The van der Waals surface area contributed by atoms with Gasteiger partial charge in [-0.2, -0.15) is 0 Å². The third-order valence-electron chi connectivity index (χ3n) is 5.55. The summed E-state index contributed by atoms with van der Waals surface area (Å²) < 4.78 is 12.3. The van der Waals surface area contributed by atoms with E-state index in [9.17, 15) is 29.3 Å². The van der Waals surface area contributed by atoms with Crippen molar-refractivity contribution >= 4 is 23.3 Å². The summed E-state index contributed by atoms with van der Waals surface area (Å²) in [4.78, 5) is 60.8. The second-order valence-corrected chi connectivity index (χ2v) is 7.95. The molecule has 2 aromatic carbocycles. The molecule has 2 N–H and O–H groups in total. The highest BCUT2D eigenvalue weighted by Gasteiger charge is 2.24. The first-order valence-corrected chi connectivity index (χ1v) is 10.9. The monoisotopic (exact) mass is 504 g/mol. The molecule has 2 aromatic heterocycles. The molecule has 0 bridgehead atoms. The first-order chi connectivity index (χ1) is 17.7. The summed E-state index contributed by atoms with van der Waals surface area (Å²) in [6.45, 7) is -0.799. The number of carbonyl (C=O) groups is 2. The molecule has 12 nitrogen and oxygen atoms in total. The number of hydrogen-bond donors (Lipinski definition) is 1. The van der Waals surface area contributed by atoms with Gasteiger partial charge in [-0.3, -0.25) is 28.8 Å². The maximum atomic E-state index is 12.8. The average Bonchev–Trinajstić information content (AvgIpc) is 3.40. The van der Waals surface area contributed by atoms with Crippen LogP contribution in [0, 0.1) is 10.1 Å². The van der Waals surface area contributed by atoms with Crippen LogP contribution in [0.1, 0.15) is 26.5 Å². The van der Waals surface area contributed by atoms with Gasteiger partial charge in [-0.1, -0.05) is 30.3 Å². The summed E-state index contributed by atoms with van der Waals surface area (Å²) >= 11 is 0. The molecule has 0 unspecified atom stereocenters. The highest BCUT2D eigenvalue weighted by Crippen LogP contribution is 2.25. The van der Waals surface area contributed by atoms with Crippen molar-refractivity contribution in [3.05, 3.63) is 115 Å². The Hall–Kier alpha value is -5.26. The number of rotatable bonds is 8. The van der Waals surface area contributed by atoms with Crippen LogP contribution in [0.25, 0.3) is 11.3 Å². The number of anilines is 1. The number of nitro groups is 1. The van der Waals surface area contributed by atoms with Crippen LogP contribution in [0.2, 0.25) is 0 Å². The van der Waals surface area contributed by atoms with Gasteiger partial charge in [0.05, 0.1) is 11.5 Å². The minimum Gasteiger partial charge on any atom is -0.451 e. The minimum absolute atomic E-state index is 0.0253.